The van der Waals surface area contributed by atoms with Gasteiger partial charge in [0.05, 0.1) is 5.41 Å². The first kappa shape index (κ1) is 19.7. The van der Waals surface area contributed by atoms with E-state index in [0.717, 1.165) is 64.4 Å². The molecule has 1 saturated carbocycles. The van der Waals surface area contributed by atoms with E-state index in [4.69, 9.17) is 0 Å². The van der Waals surface area contributed by atoms with Crippen molar-refractivity contribution in [3.05, 3.63) is 30.6 Å². The van der Waals surface area contributed by atoms with E-state index in [2.05, 4.69) is 31.9 Å². The molecule has 6 rings (SSSR count). The highest BCUT2D eigenvalue weighted by Gasteiger charge is 2.58. The number of likely N-dealkylation sites (tertiary alicyclic amines) is 1. The van der Waals surface area contributed by atoms with Crippen molar-refractivity contribution in [2.45, 2.75) is 38.5 Å². The second-order valence-electron chi connectivity index (χ2n) is 9.30. The van der Waals surface area contributed by atoms with Gasteiger partial charge in [-0.1, -0.05) is 12.2 Å². The number of hydrogen-bond donors (Lipinski definition) is 0. The number of hydrogen-bond acceptors (Lipinski definition) is 6. The zero-order valence-electron chi connectivity index (χ0n) is 17.6. The fourth-order valence-corrected chi connectivity index (χ4v) is 5.86. The summed E-state index contributed by atoms with van der Waals surface area (Å²) >= 11 is 0. The number of allylic oxidation sites excluding steroid dienone is 2. The quantitative estimate of drug-likeness (QED) is 0.407. The average Bonchev–Trinajstić information content (AvgIpc) is 3.02. The molecular weight excluding hydrogens is 378 g/mol. The first-order chi connectivity index (χ1) is 14.7. The largest absolute Gasteiger partial charge is 0.338 e. The van der Waals surface area contributed by atoms with Crippen LogP contribution in [0.25, 0.3) is 0 Å². The van der Waals surface area contributed by atoms with Gasteiger partial charge < -0.3 is 4.90 Å². The minimum Gasteiger partial charge on any atom is -0.338 e. The molecule has 3 aliphatic carbocycles. The van der Waals surface area contributed by atoms with Crippen molar-refractivity contribution in [3.63, 3.8) is 0 Å². The van der Waals surface area contributed by atoms with Gasteiger partial charge in [-0.25, -0.2) is 9.97 Å². The molecule has 3 fully saturated rings. The van der Waals surface area contributed by atoms with E-state index in [9.17, 15) is 9.59 Å². The number of fused-ring (bicyclic) bond motifs is 1. The number of piperazine rings is 1. The van der Waals surface area contributed by atoms with E-state index in [-0.39, 0.29) is 17.7 Å². The van der Waals surface area contributed by atoms with Crippen LogP contribution in [0.15, 0.2) is 30.6 Å². The molecule has 1 spiro atoms. The Hall–Kier alpha value is -2.28. The van der Waals surface area contributed by atoms with Gasteiger partial charge in [0.15, 0.2) is 0 Å². The maximum atomic E-state index is 13.2. The Labute approximate surface area is 178 Å². The van der Waals surface area contributed by atoms with Crippen LogP contribution in [-0.2, 0) is 9.59 Å². The van der Waals surface area contributed by atoms with Crippen LogP contribution in [0.3, 0.4) is 0 Å². The topological polar surface area (TPSA) is 69.6 Å². The Balaban J connectivity index is 1.07. The van der Waals surface area contributed by atoms with Crippen LogP contribution in [0.5, 0.6) is 0 Å². The van der Waals surface area contributed by atoms with Crippen LogP contribution < -0.4 is 4.90 Å². The number of imide groups is 1. The molecule has 1 aromatic rings. The number of carbonyl (C=O) groups excluding carboxylic acids is 2. The lowest BCUT2D eigenvalue weighted by atomic mass is 9.58. The molecule has 3 heterocycles. The predicted molar refractivity (Wildman–Crippen MR) is 114 cm³/mol. The van der Waals surface area contributed by atoms with Crippen LogP contribution in [0.4, 0.5) is 5.95 Å². The number of nitrogens with zero attached hydrogens (tertiary/aromatic N) is 5. The van der Waals surface area contributed by atoms with E-state index >= 15 is 0 Å². The smallest absolute Gasteiger partial charge is 0.236 e. The molecule has 0 unspecified atom stereocenters. The van der Waals surface area contributed by atoms with Crippen molar-refractivity contribution in [2.75, 3.05) is 44.2 Å². The zero-order valence-corrected chi connectivity index (χ0v) is 17.6. The van der Waals surface area contributed by atoms with Crippen molar-refractivity contribution >= 4 is 17.8 Å². The fourth-order valence-electron chi connectivity index (χ4n) is 5.86. The molecule has 2 aliphatic heterocycles. The van der Waals surface area contributed by atoms with E-state index in [1.165, 1.54) is 6.42 Å². The molecule has 5 aliphatic rings. The van der Waals surface area contributed by atoms with Crippen LogP contribution in [-0.4, -0.2) is 70.9 Å². The highest BCUT2D eigenvalue weighted by molar-refractivity contribution is 6.06. The molecule has 2 bridgehead atoms. The molecular formula is C23H31N5O2. The number of aromatic nitrogens is 2. The Morgan fingerprint density at radius 1 is 0.967 bits per heavy atom. The van der Waals surface area contributed by atoms with Crippen LogP contribution in [0.1, 0.15) is 38.5 Å². The zero-order chi connectivity index (χ0) is 20.6. The maximum Gasteiger partial charge on any atom is 0.236 e. The first-order valence-electron chi connectivity index (χ1n) is 11.4. The molecule has 3 atom stereocenters. The fraction of sp³-hybridized carbons (Fsp3) is 0.652. The van der Waals surface area contributed by atoms with Crippen molar-refractivity contribution < 1.29 is 9.59 Å². The molecule has 7 heteroatoms. The number of anilines is 1. The van der Waals surface area contributed by atoms with Crippen LogP contribution in [0.2, 0.25) is 0 Å². The number of amides is 2. The normalized spacial score (nSPS) is 31.3. The Kier molecular flexibility index (Phi) is 5.31. The van der Waals surface area contributed by atoms with Crippen molar-refractivity contribution in [1.82, 2.24) is 19.8 Å². The summed E-state index contributed by atoms with van der Waals surface area (Å²) in [5.41, 5.74) is -0.412. The number of unbranched alkanes of at least 4 members (excludes halogenated alkanes) is 1. The molecule has 1 aromatic heterocycles. The summed E-state index contributed by atoms with van der Waals surface area (Å²) in [5, 5.41) is 0. The number of carbonyl (C=O) groups is 2. The molecule has 2 saturated heterocycles. The third kappa shape index (κ3) is 3.53. The summed E-state index contributed by atoms with van der Waals surface area (Å²) < 4.78 is 0. The lowest BCUT2D eigenvalue weighted by molar-refractivity contribution is -0.144. The van der Waals surface area contributed by atoms with Crippen LogP contribution >= 0.6 is 0 Å². The predicted octanol–water partition coefficient (Wildman–Crippen LogP) is 2.11. The second-order valence-corrected chi connectivity index (χ2v) is 9.30. The summed E-state index contributed by atoms with van der Waals surface area (Å²) in [6.07, 6.45) is 13.5. The first-order valence-corrected chi connectivity index (χ1v) is 11.4. The number of rotatable bonds is 6. The minimum atomic E-state index is -0.412. The molecule has 160 valence electrons. The van der Waals surface area contributed by atoms with Crippen molar-refractivity contribution in [3.8, 4) is 0 Å². The molecule has 30 heavy (non-hydrogen) atoms. The Bertz CT molecular complexity index is 820. The molecule has 2 amide bonds. The van der Waals surface area contributed by atoms with E-state index in [1.807, 2.05) is 6.07 Å². The third-order valence-corrected chi connectivity index (χ3v) is 7.55. The van der Waals surface area contributed by atoms with Gasteiger partial charge >= 0.3 is 0 Å². The Morgan fingerprint density at radius 3 is 2.40 bits per heavy atom. The van der Waals surface area contributed by atoms with Gasteiger partial charge in [-0.05, 0) is 56.6 Å². The Morgan fingerprint density at radius 2 is 1.73 bits per heavy atom. The summed E-state index contributed by atoms with van der Waals surface area (Å²) in [6, 6.07) is 1.84. The van der Waals surface area contributed by atoms with Crippen molar-refractivity contribution in [1.29, 1.82) is 0 Å². The lowest BCUT2D eigenvalue weighted by Gasteiger charge is -2.44. The summed E-state index contributed by atoms with van der Waals surface area (Å²) in [5.74, 6) is 1.74. The SMILES string of the molecule is O=C1C[C@@]2(C[C@@H]3C=C[C@H]2CC3)C(=O)N1CCCCN1CCN(c2ncccn2)CC1. The average molecular weight is 410 g/mol. The standard InChI is InChI=1S/C23H31N5O2/c29-20-17-23(16-18-4-6-19(23)7-5-18)21(30)28(20)11-2-1-10-26-12-14-27(15-13-26)22-24-8-3-9-25-22/h3-4,6,8-9,18-19H,1-2,5,7,10-17H2/t18-,19+,23-/m1/s1. The summed E-state index contributed by atoms with van der Waals surface area (Å²) in [4.78, 5) is 40.8. The van der Waals surface area contributed by atoms with Gasteiger partial charge in [0, 0.05) is 51.5 Å². The molecule has 0 N–H and O–H groups in total. The summed E-state index contributed by atoms with van der Waals surface area (Å²) in [7, 11) is 0. The molecule has 0 radical (unpaired) electrons. The van der Waals surface area contributed by atoms with Gasteiger partial charge in [-0.3, -0.25) is 19.4 Å². The summed E-state index contributed by atoms with van der Waals surface area (Å²) in [6.45, 7) is 5.46. The molecule has 0 aromatic carbocycles. The lowest BCUT2D eigenvalue weighted by Crippen LogP contribution is -2.47. The van der Waals surface area contributed by atoms with E-state index in [0.29, 0.717) is 18.9 Å². The van der Waals surface area contributed by atoms with Gasteiger partial charge in [0.1, 0.15) is 0 Å². The van der Waals surface area contributed by atoms with Gasteiger partial charge in [0.2, 0.25) is 17.8 Å². The van der Waals surface area contributed by atoms with E-state index in [1.54, 1.807) is 17.3 Å². The minimum absolute atomic E-state index is 0.0532. The molecule has 7 nitrogen and oxygen atoms in total. The monoisotopic (exact) mass is 409 g/mol. The van der Waals surface area contributed by atoms with Gasteiger partial charge in [-0.2, -0.15) is 0 Å². The highest BCUT2D eigenvalue weighted by Crippen LogP contribution is 2.54. The van der Waals surface area contributed by atoms with Crippen LogP contribution in [0, 0.1) is 17.3 Å². The maximum absolute atomic E-state index is 13.2. The van der Waals surface area contributed by atoms with Gasteiger partial charge in [-0.15, -0.1) is 0 Å². The third-order valence-electron chi connectivity index (χ3n) is 7.55. The second kappa shape index (κ2) is 8.10. The van der Waals surface area contributed by atoms with Gasteiger partial charge in [0.25, 0.3) is 0 Å². The van der Waals surface area contributed by atoms with Crippen molar-refractivity contribution in [2.24, 2.45) is 17.3 Å². The van der Waals surface area contributed by atoms with E-state index < -0.39 is 5.41 Å². The highest BCUT2D eigenvalue weighted by atomic mass is 16.2.